The van der Waals surface area contributed by atoms with Crippen molar-refractivity contribution in [1.29, 1.82) is 0 Å². The van der Waals surface area contributed by atoms with Crippen LogP contribution in [0.5, 0.6) is 0 Å². The number of para-hydroxylation sites is 1. The summed E-state index contributed by atoms with van der Waals surface area (Å²) in [4.78, 5) is 2.15. The molecule has 1 N–H and O–H groups in total. The minimum Gasteiger partial charge on any atom is -0.377 e. The van der Waals surface area contributed by atoms with Crippen LogP contribution in [-0.2, 0) is 6.42 Å². The maximum Gasteiger partial charge on any atom is 0.160 e. The molecule has 3 aromatic rings. The summed E-state index contributed by atoms with van der Waals surface area (Å²) in [5.41, 5.74) is 3.46. The smallest absolute Gasteiger partial charge is 0.160 e. The Balaban J connectivity index is 1.65. The van der Waals surface area contributed by atoms with Gasteiger partial charge in [0, 0.05) is 45.0 Å². The van der Waals surface area contributed by atoms with Gasteiger partial charge in [-0.2, -0.15) is 0 Å². The van der Waals surface area contributed by atoms with E-state index in [0.29, 0.717) is 0 Å². The highest BCUT2D eigenvalue weighted by atomic mass is 15.2. The van der Waals surface area contributed by atoms with Crippen LogP contribution in [0.15, 0.2) is 48.7 Å². The quantitative estimate of drug-likeness (QED) is 0.760. The zero-order valence-electron chi connectivity index (χ0n) is 13.9. The second-order valence-electron chi connectivity index (χ2n) is 5.92. The number of hydrogen-bond acceptors (Lipinski definition) is 4. The maximum absolute atomic E-state index is 4.28. The van der Waals surface area contributed by atoms with Crippen LogP contribution in [0, 0.1) is 0 Å². The van der Waals surface area contributed by atoms with Crippen molar-refractivity contribution in [3.63, 3.8) is 0 Å². The Kier molecular flexibility index (Phi) is 4.57. The van der Waals surface area contributed by atoms with Crippen LogP contribution < -0.4 is 10.2 Å². The monoisotopic (exact) mass is 309 g/mol. The minimum atomic E-state index is 0.285. The molecule has 0 amide bonds. The third-order valence-corrected chi connectivity index (χ3v) is 4.07. The molecule has 5 heteroatoms. The molecule has 0 fully saturated rings. The van der Waals surface area contributed by atoms with Crippen LogP contribution in [0.1, 0.15) is 24.4 Å². The van der Waals surface area contributed by atoms with Gasteiger partial charge in [-0.05, 0) is 30.7 Å². The second kappa shape index (κ2) is 6.79. The summed E-state index contributed by atoms with van der Waals surface area (Å²) in [6.07, 6.45) is 2.86. The van der Waals surface area contributed by atoms with Gasteiger partial charge in [-0.15, -0.1) is 10.2 Å². The molecule has 0 bridgehead atoms. The van der Waals surface area contributed by atoms with Crippen LogP contribution in [0.2, 0.25) is 0 Å². The lowest BCUT2D eigenvalue weighted by Crippen LogP contribution is -2.24. The summed E-state index contributed by atoms with van der Waals surface area (Å²) >= 11 is 0. The zero-order chi connectivity index (χ0) is 16.2. The van der Waals surface area contributed by atoms with E-state index < -0.39 is 0 Å². The van der Waals surface area contributed by atoms with Gasteiger partial charge < -0.3 is 10.2 Å². The molecule has 0 unspecified atom stereocenters. The standard InChI is InChI=1S/C18H23N5/c1-14(15-8-4-5-9-16(15)22(2)3)19-12-11-18-21-20-17-10-6-7-13-23(17)18/h4-10,13-14,19H,11-12H2,1-3H3/t14-/m1/s1. The summed E-state index contributed by atoms with van der Waals surface area (Å²) < 4.78 is 2.04. The van der Waals surface area contributed by atoms with E-state index in [-0.39, 0.29) is 6.04 Å². The summed E-state index contributed by atoms with van der Waals surface area (Å²) in [6.45, 7) is 3.06. The molecule has 120 valence electrons. The van der Waals surface area contributed by atoms with Crippen LogP contribution in [-0.4, -0.2) is 35.2 Å². The molecule has 0 aliphatic carbocycles. The highest BCUT2D eigenvalue weighted by Gasteiger charge is 2.11. The van der Waals surface area contributed by atoms with Gasteiger partial charge in [-0.25, -0.2) is 0 Å². The van der Waals surface area contributed by atoms with Crippen molar-refractivity contribution in [1.82, 2.24) is 19.9 Å². The molecule has 3 rings (SSSR count). The predicted molar refractivity (Wildman–Crippen MR) is 93.9 cm³/mol. The number of hydrogen-bond donors (Lipinski definition) is 1. The Hall–Kier alpha value is -2.40. The van der Waals surface area contributed by atoms with E-state index in [1.807, 2.05) is 28.8 Å². The number of anilines is 1. The first kappa shape index (κ1) is 15.5. The van der Waals surface area contributed by atoms with E-state index in [4.69, 9.17) is 0 Å². The van der Waals surface area contributed by atoms with E-state index >= 15 is 0 Å². The molecule has 2 aromatic heterocycles. The Morgan fingerprint density at radius 3 is 2.70 bits per heavy atom. The fourth-order valence-corrected chi connectivity index (χ4v) is 2.83. The highest BCUT2D eigenvalue weighted by molar-refractivity contribution is 5.53. The zero-order valence-corrected chi connectivity index (χ0v) is 13.9. The van der Waals surface area contributed by atoms with Crippen molar-refractivity contribution >= 4 is 11.3 Å². The SMILES string of the molecule is C[C@@H](NCCc1nnc2ccccn12)c1ccccc1N(C)C. The van der Waals surface area contributed by atoms with Crippen molar-refractivity contribution < 1.29 is 0 Å². The molecule has 0 saturated carbocycles. The van der Waals surface area contributed by atoms with Gasteiger partial charge in [0.2, 0.25) is 0 Å². The number of nitrogens with zero attached hydrogens (tertiary/aromatic N) is 4. The number of rotatable bonds is 6. The summed E-state index contributed by atoms with van der Waals surface area (Å²) in [7, 11) is 4.15. The topological polar surface area (TPSA) is 45.5 Å². The van der Waals surface area contributed by atoms with Crippen molar-refractivity contribution in [2.45, 2.75) is 19.4 Å². The third-order valence-electron chi connectivity index (χ3n) is 4.07. The first-order valence-corrected chi connectivity index (χ1v) is 7.95. The molecule has 0 aliphatic heterocycles. The van der Waals surface area contributed by atoms with Crippen molar-refractivity contribution in [2.75, 3.05) is 25.5 Å². The van der Waals surface area contributed by atoms with Crippen molar-refractivity contribution in [3.05, 3.63) is 60.0 Å². The van der Waals surface area contributed by atoms with Crippen LogP contribution in [0.25, 0.3) is 5.65 Å². The van der Waals surface area contributed by atoms with Gasteiger partial charge in [0.05, 0.1) is 0 Å². The summed E-state index contributed by atoms with van der Waals surface area (Å²) in [5, 5.41) is 12.1. The Labute approximate surface area is 137 Å². The average Bonchev–Trinajstić information content (AvgIpc) is 2.98. The molecule has 0 radical (unpaired) electrons. The second-order valence-corrected chi connectivity index (χ2v) is 5.92. The third kappa shape index (κ3) is 3.35. The first-order valence-electron chi connectivity index (χ1n) is 7.95. The lowest BCUT2D eigenvalue weighted by Gasteiger charge is -2.22. The molecule has 0 spiro atoms. The highest BCUT2D eigenvalue weighted by Crippen LogP contribution is 2.24. The van der Waals surface area contributed by atoms with Crippen LogP contribution >= 0.6 is 0 Å². The molecule has 5 nitrogen and oxygen atoms in total. The normalized spacial score (nSPS) is 12.5. The number of aromatic nitrogens is 3. The molecule has 0 aliphatic rings. The predicted octanol–water partition coefficient (Wildman–Crippen LogP) is 2.69. The number of nitrogens with one attached hydrogen (secondary N) is 1. The molecule has 1 atom stereocenters. The molecule has 23 heavy (non-hydrogen) atoms. The minimum absolute atomic E-state index is 0.285. The van der Waals surface area contributed by atoms with E-state index in [2.05, 4.69) is 65.7 Å². The lowest BCUT2D eigenvalue weighted by atomic mass is 10.1. The molecule has 1 aromatic carbocycles. The molecule has 2 heterocycles. The largest absolute Gasteiger partial charge is 0.377 e. The Morgan fingerprint density at radius 2 is 1.87 bits per heavy atom. The number of benzene rings is 1. The van der Waals surface area contributed by atoms with E-state index in [1.54, 1.807) is 0 Å². The lowest BCUT2D eigenvalue weighted by molar-refractivity contribution is 0.568. The van der Waals surface area contributed by atoms with Gasteiger partial charge in [0.25, 0.3) is 0 Å². The summed E-state index contributed by atoms with van der Waals surface area (Å²) in [5.74, 6) is 0.987. The maximum atomic E-state index is 4.28. The van der Waals surface area contributed by atoms with E-state index in [0.717, 1.165) is 24.4 Å². The van der Waals surface area contributed by atoms with Gasteiger partial charge in [0.1, 0.15) is 5.82 Å². The van der Waals surface area contributed by atoms with Gasteiger partial charge in [-0.1, -0.05) is 24.3 Å². The molecular weight excluding hydrogens is 286 g/mol. The van der Waals surface area contributed by atoms with E-state index in [9.17, 15) is 0 Å². The van der Waals surface area contributed by atoms with Gasteiger partial charge in [-0.3, -0.25) is 4.40 Å². The summed E-state index contributed by atoms with van der Waals surface area (Å²) in [6, 6.07) is 14.7. The van der Waals surface area contributed by atoms with Crippen LogP contribution in [0.3, 0.4) is 0 Å². The fraction of sp³-hybridized carbons (Fsp3) is 0.333. The van der Waals surface area contributed by atoms with Gasteiger partial charge >= 0.3 is 0 Å². The van der Waals surface area contributed by atoms with Crippen LogP contribution in [0.4, 0.5) is 5.69 Å². The Bertz CT molecular complexity index is 778. The average molecular weight is 309 g/mol. The van der Waals surface area contributed by atoms with E-state index in [1.165, 1.54) is 11.3 Å². The van der Waals surface area contributed by atoms with Gasteiger partial charge in [0.15, 0.2) is 5.65 Å². The number of pyridine rings is 1. The molecular formula is C18H23N5. The fourth-order valence-electron chi connectivity index (χ4n) is 2.83. The van der Waals surface area contributed by atoms with Crippen molar-refractivity contribution in [3.8, 4) is 0 Å². The first-order chi connectivity index (χ1) is 11.2. The number of fused-ring (bicyclic) bond motifs is 1. The molecule has 0 saturated heterocycles. The van der Waals surface area contributed by atoms with Crippen molar-refractivity contribution in [2.24, 2.45) is 0 Å². The Morgan fingerprint density at radius 1 is 1.09 bits per heavy atom.